The van der Waals surface area contributed by atoms with Gasteiger partial charge in [-0.1, -0.05) is 72.3 Å². The molecule has 32 heavy (non-hydrogen) atoms. The van der Waals surface area contributed by atoms with Crippen molar-refractivity contribution < 1.29 is 19.4 Å². The molecule has 6 heteroatoms. The molecule has 4 rings (SSSR count). The maximum atomic E-state index is 12.8. The molecule has 1 aliphatic carbocycles. The number of likely N-dealkylation sites (N-methyl/N-ethyl adjacent to an activating group) is 1. The minimum atomic E-state index is -1.09. The summed E-state index contributed by atoms with van der Waals surface area (Å²) in [6.07, 6.45) is -0.501. The maximum absolute atomic E-state index is 12.8. The van der Waals surface area contributed by atoms with Crippen LogP contribution in [-0.4, -0.2) is 41.8 Å². The molecule has 1 N–H and O–H groups in total. The number of amides is 1. The highest BCUT2D eigenvalue weighted by molar-refractivity contribution is 6.31. The Morgan fingerprint density at radius 2 is 1.62 bits per heavy atom. The molecule has 3 aromatic carbocycles. The Kier molecular flexibility index (Phi) is 6.19. The van der Waals surface area contributed by atoms with E-state index in [4.69, 9.17) is 16.3 Å². The third-order valence-electron chi connectivity index (χ3n) is 6.03. The summed E-state index contributed by atoms with van der Waals surface area (Å²) in [5.74, 6) is -1.17. The van der Waals surface area contributed by atoms with Crippen LogP contribution in [0.25, 0.3) is 11.1 Å². The molecule has 1 atom stereocenters. The number of ether oxygens (including phenoxy) is 1. The number of aryl methyl sites for hydroxylation is 1. The number of carbonyl (C=O) groups is 2. The normalized spacial score (nSPS) is 13.2. The number of carbonyl (C=O) groups excluding carboxylic acids is 1. The number of nitrogens with zero attached hydrogens (tertiary/aromatic N) is 1. The predicted octanol–water partition coefficient (Wildman–Crippen LogP) is 5.53. The van der Waals surface area contributed by atoms with Crippen LogP contribution in [-0.2, 0) is 16.0 Å². The highest BCUT2D eigenvalue weighted by atomic mass is 35.5. The first-order valence-corrected chi connectivity index (χ1v) is 10.8. The van der Waals surface area contributed by atoms with Crippen molar-refractivity contribution in [3.05, 3.63) is 94.0 Å². The van der Waals surface area contributed by atoms with Gasteiger partial charge in [0.2, 0.25) is 0 Å². The minimum absolute atomic E-state index is 0.0815. The van der Waals surface area contributed by atoms with Gasteiger partial charge in [-0.25, -0.2) is 9.59 Å². The molecule has 0 spiro atoms. The third-order valence-corrected chi connectivity index (χ3v) is 6.45. The van der Waals surface area contributed by atoms with E-state index in [9.17, 15) is 14.7 Å². The third kappa shape index (κ3) is 4.21. The van der Waals surface area contributed by atoms with Crippen molar-refractivity contribution in [1.82, 2.24) is 4.90 Å². The summed E-state index contributed by atoms with van der Waals surface area (Å²) < 4.78 is 5.62. The fourth-order valence-corrected chi connectivity index (χ4v) is 4.39. The number of hydrogen-bond acceptors (Lipinski definition) is 3. The van der Waals surface area contributed by atoms with Crippen LogP contribution in [0, 0.1) is 6.92 Å². The van der Waals surface area contributed by atoms with Gasteiger partial charge >= 0.3 is 12.1 Å². The van der Waals surface area contributed by atoms with E-state index in [1.807, 2.05) is 49.4 Å². The molecule has 5 nitrogen and oxygen atoms in total. The highest BCUT2D eigenvalue weighted by Gasteiger charge is 2.32. The van der Waals surface area contributed by atoms with Crippen LogP contribution < -0.4 is 0 Å². The van der Waals surface area contributed by atoms with Crippen LogP contribution in [0.1, 0.15) is 28.2 Å². The Morgan fingerprint density at radius 1 is 1.03 bits per heavy atom. The topological polar surface area (TPSA) is 66.8 Å². The van der Waals surface area contributed by atoms with Gasteiger partial charge in [-0.15, -0.1) is 0 Å². The summed E-state index contributed by atoms with van der Waals surface area (Å²) in [4.78, 5) is 25.9. The van der Waals surface area contributed by atoms with Crippen molar-refractivity contribution in [2.75, 3.05) is 13.7 Å². The number of aliphatic carboxylic acids is 1. The summed E-state index contributed by atoms with van der Waals surface area (Å²) in [5, 5.41) is 10.4. The molecule has 0 fully saturated rings. The molecule has 0 saturated heterocycles. The number of halogens is 1. The zero-order valence-electron chi connectivity index (χ0n) is 17.9. The standard InChI is InChI=1S/C26H24ClNO4/c1-16-13-17(11-12-23(16)27)14-24(25(29)30)28(2)26(31)32-15-22-20-9-5-3-7-18(20)19-8-4-6-10-21(19)22/h3-13,22,24H,14-15H2,1-2H3,(H,29,30)/t24-/m0/s1. The van der Waals surface area contributed by atoms with E-state index in [1.165, 1.54) is 7.05 Å². The van der Waals surface area contributed by atoms with E-state index in [0.29, 0.717) is 5.02 Å². The van der Waals surface area contributed by atoms with Crippen LogP contribution >= 0.6 is 11.6 Å². The lowest BCUT2D eigenvalue weighted by Crippen LogP contribution is -2.44. The number of carboxylic acid groups (broad SMARTS) is 1. The van der Waals surface area contributed by atoms with E-state index in [2.05, 4.69) is 12.1 Å². The number of rotatable bonds is 6. The number of benzene rings is 3. The van der Waals surface area contributed by atoms with Crippen LogP contribution in [0.3, 0.4) is 0 Å². The largest absolute Gasteiger partial charge is 0.480 e. The Labute approximate surface area is 192 Å². The second kappa shape index (κ2) is 9.05. The molecular formula is C26H24ClNO4. The average molecular weight is 450 g/mol. The first-order valence-electron chi connectivity index (χ1n) is 10.4. The van der Waals surface area contributed by atoms with Gasteiger partial charge in [-0.05, 0) is 46.4 Å². The average Bonchev–Trinajstić information content (AvgIpc) is 3.11. The monoisotopic (exact) mass is 449 g/mol. The summed E-state index contributed by atoms with van der Waals surface area (Å²) in [5.41, 5.74) is 6.14. The molecule has 1 amide bonds. The summed E-state index contributed by atoms with van der Waals surface area (Å²) >= 11 is 6.07. The molecule has 0 heterocycles. The van der Waals surface area contributed by atoms with Crippen LogP contribution in [0.15, 0.2) is 66.7 Å². The lowest BCUT2D eigenvalue weighted by atomic mass is 9.98. The first-order chi connectivity index (χ1) is 15.4. The van der Waals surface area contributed by atoms with E-state index in [1.54, 1.807) is 12.1 Å². The molecule has 0 radical (unpaired) electrons. The van der Waals surface area contributed by atoms with Crippen LogP contribution in [0.5, 0.6) is 0 Å². The van der Waals surface area contributed by atoms with Gasteiger partial charge in [0.25, 0.3) is 0 Å². The molecule has 0 aliphatic heterocycles. The highest BCUT2D eigenvalue weighted by Crippen LogP contribution is 2.44. The zero-order chi connectivity index (χ0) is 22.8. The van der Waals surface area contributed by atoms with Gasteiger partial charge in [0.1, 0.15) is 12.6 Å². The van der Waals surface area contributed by atoms with E-state index in [-0.39, 0.29) is 18.9 Å². The Hall–Kier alpha value is -3.31. The Bertz CT molecular complexity index is 1130. The van der Waals surface area contributed by atoms with Crippen molar-refractivity contribution in [3.63, 3.8) is 0 Å². The smallest absolute Gasteiger partial charge is 0.410 e. The maximum Gasteiger partial charge on any atom is 0.410 e. The van der Waals surface area contributed by atoms with Crippen molar-refractivity contribution in [3.8, 4) is 11.1 Å². The molecular weight excluding hydrogens is 426 g/mol. The van der Waals surface area contributed by atoms with Gasteiger partial charge in [0.05, 0.1) is 0 Å². The van der Waals surface area contributed by atoms with Gasteiger partial charge < -0.3 is 9.84 Å². The Balaban J connectivity index is 1.48. The van der Waals surface area contributed by atoms with Crippen LogP contribution in [0.2, 0.25) is 5.02 Å². The molecule has 0 saturated carbocycles. The second-order valence-corrected chi connectivity index (χ2v) is 8.46. The van der Waals surface area contributed by atoms with E-state index < -0.39 is 18.1 Å². The predicted molar refractivity (Wildman–Crippen MR) is 124 cm³/mol. The summed E-state index contributed by atoms with van der Waals surface area (Å²) in [6, 6.07) is 20.4. The fourth-order valence-electron chi connectivity index (χ4n) is 4.27. The molecule has 3 aromatic rings. The van der Waals surface area contributed by atoms with Crippen LogP contribution in [0.4, 0.5) is 4.79 Å². The van der Waals surface area contributed by atoms with Crippen molar-refractivity contribution in [2.45, 2.75) is 25.3 Å². The fraction of sp³-hybridized carbons (Fsp3) is 0.231. The Morgan fingerprint density at radius 3 is 2.19 bits per heavy atom. The molecule has 0 bridgehead atoms. The molecule has 0 aromatic heterocycles. The van der Waals surface area contributed by atoms with E-state index >= 15 is 0 Å². The number of hydrogen-bond donors (Lipinski definition) is 1. The molecule has 1 aliphatic rings. The second-order valence-electron chi connectivity index (χ2n) is 8.06. The van der Waals surface area contributed by atoms with Gasteiger partial charge in [0, 0.05) is 24.4 Å². The lowest BCUT2D eigenvalue weighted by molar-refractivity contribution is -0.142. The SMILES string of the molecule is Cc1cc(C[C@@H](C(=O)O)N(C)C(=O)OCC2c3ccccc3-c3ccccc32)ccc1Cl. The molecule has 164 valence electrons. The summed E-state index contributed by atoms with van der Waals surface area (Å²) in [7, 11) is 1.46. The number of carboxylic acids is 1. The van der Waals surface area contributed by atoms with E-state index in [0.717, 1.165) is 38.3 Å². The first kappa shape index (κ1) is 21.9. The van der Waals surface area contributed by atoms with Crippen molar-refractivity contribution in [2.24, 2.45) is 0 Å². The summed E-state index contributed by atoms with van der Waals surface area (Å²) in [6.45, 7) is 2.00. The molecule has 0 unspecified atom stereocenters. The van der Waals surface area contributed by atoms with Gasteiger partial charge in [-0.3, -0.25) is 4.90 Å². The van der Waals surface area contributed by atoms with Gasteiger partial charge in [0.15, 0.2) is 0 Å². The minimum Gasteiger partial charge on any atom is -0.480 e. The van der Waals surface area contributed by atoms with Crippen molar-refractivity contribution >= 4 is 23.7 Å². The quantitative estimate of drug-likeness (QED) is 0.537. The van der Waals surface area contributed by atoms with Gasteiger partial charge in [-0.2, -0.15) is 0 Å². The number of fused-ring (bicyclic) bond motifs is 3. The lowest BCUT2D eigenvalue weighted by Gasteiger charge is -2.25. The zero-order valence-corrected chi connectivity index (χ0v) is 18.7. The van der Waals surface area contributed by atoms with Crippen molar-refractivity contribution in [1.29, 1.82) is 0 Å².